The fourth-order valence-electron chi connectivity index (χ4n) is 3.62. The third-order valence-corrected chi connectivity index (χ3v) is 5.60. The van der Waals surface area contributed by atoms with Crippen LogP contribution >= 0.6 is 23.2 Å². The normalized spacial score (nSPS) is 14.6. The van der Waals surface area contributed by atoms with Crippen molar-refractivity contribution in [2.24, 2.45) is 0 Å². The fourth-order valence-corrected chi connectivity index (χ4v) is 4.05. The molecule has 0 unspecified atom stereocenters. The summed E-state index contributed by atoms with van der Waals surface area (Å²) >= 11 is 12.7. The molecule has 0 N–H and O–H groups in total. The first kappa shape index (κ1) is 16.8. The minimum Gasteiger partial charge on any atom is -0.487 e. The second-order valence-corrected chi connectivity index (χ2v) is 7.38. The van der Waals surface area contributed by atoms with E-state index in [0.29, 0.717) is 32.9 Å². The molecular formula is C20H14Cl2O5. The number of hydrogen-bond donors (Lipinski definition) is 0. The molecule has 0 atom stereocenters. The van der Waals surface area contributed by atoms with Gasteiger partial charge in [-0.25, -0.2) is 4.79 Å². The van der Waals surface area contributed by atoms with Crippen molar-refractivity contribution in [1.82, 2.24) is 0 Å². The van der Waals surface area contributed by atoms with E-state index in [-0.39, 0.29) is 19.0 Å². The molecule has 138 valence electrons. The van der Waals surface area contributed by atoms with Crippen LogP contribution in [0.15, 0.2) is 33.5 Å². The number of ether oxygens (including phenoxy) is 3. The van der Waals surface area contributed by atoms with Crippen LogP contribution in [0.25, 0.3) is 11.0 Å². The van der Waals surface area contributed by atoms with Gasteiger partial charge in [-0.1, -0.05) is 23.2 Å². The minimum atomic E-state index is -0.276. The van der Waals surface area contributed by atoms with Crippen LogP contribution in [0, 0.1) is 0 Å². The highest BCUT2D eigenvalue weighted by Crippen LogP contribution is 2.38. The number of benzene rings is 2. The van der Waals surface area contributed by atoms with Crippen molar-refractivity contribution in [3.8, 4) is 17.2 Å². The summed E-state index contributed by atoms with van der Waals surface area (Å²) in [6, 6.07) is 6.96. The SMILES string of the molecule is O=c1oc2cc(OCc3cc4c(cc3Cl)OCO4)c(Cl)cc2c2c1CCC2. The number of hydrogen-bond acceptors (Lipinski definition) is 5. The lowest BCUT2D eigenvalue weighted by molar-refractivity contribution is 0.174. The zero-order valence-electron chi connectivity index (χ0n) is 14.1. The van der Waals surface area contributed by atoms with E-state index in [1.165, 1.54) is 0 Å². The van der Waals surface area contributed by atoms with Crippen molar-refractivity contribution in [2.75, 3.05) is 6.79 Å². The van der Waals surface area contributed by atoms with Gasteiger partial charge in [0.1, 0.15) is 17.9 Å². The molecule has 0 spiro atoms. The van der Waals surface area contributed by atoms with E-state index in [1.54, 1.807) is 24.3 Å². The van der Waals surface area contributed by atoms with Gasteiger partial charge in [-0.15, -0.1) is 0 Å². The Morgan fingerprint density at radius 1 is 0.963 bits per heavy atom. The summed E-state index contributed by atoms with van der Waals surface area (Å²) in [7, 11) is 0. The molecule has 0 saturated carbocycles. The largest absolute Gasteiger partial charge is 0.487 e. The first-order chi connectivity index (χ1) is 13.1. The molecule has 7 heteroatoms. The van der Waals surface area contributed by atoms with Crippen molar-refractivity contribution in [3.63, 3.8) is 0 Å². The standard InChI is InChI=1S/C20H14Cl2O5/c21-14-6-19-18(25-9-26-19)4-10(14)8-24-17-7-16-13(5-15(17)22)11-2-1-3-12(11)20(23)27-16/h4-7H,1-3,8-9H2. The van der Waals surface area contributed by atoms with E-state index in [2.05, 4.69) is 0 Å². The maximum atomic E-state index is 12.2. The van der Waals surface area contributed by atoms with Crippen LogP contribution in [0.5, 0.6) is 17.2 Å². The lowest BCUT2D eigenvalue weighted by atomic mass is 10.1. The van der Waals surface area contributed by atoms with Gasteiger partial charge in [0.15, 0.2) is 11.5 Å². The Bertz CT molecular complexity index is 1140. The summed E-state index contributed by atoms with van der Waals surface area (Å²) in [5.74, 6) is 1.67. The third-order valence-electron chi connectivity index (χ3n) is 4.95. The van der Waals surface area contributed by atoms with Crippen LogP contribution in [0.4, 0.5) is 0 Å². The number of aryl methyl sites for hydroxylation is 1. The molecule has 0 bridgehead atoms. The Kier molecular flexibility index (Phi) is 3.95. The molecule has 2 aliphatic rings. The maximum absolute atomic E-state index is 12.2. The van der Waals surface area contributed by atoms with E-state index in [4.69, 9.17) is 41.8 Å². The first-order valence-electron chi connectivity index (χ1n) is 8.59. The second-order valence-electron chi connectivity index (χ2n) is 6.56. The molecule has 2 aromatic carbocycles. The molecule has 2 heterocycles. The Hall–Kier alpha value is -2.37. The van der Waals surface area contributed by atoms with Gasteiger partial charge in [0.25, 0.3) is 0 Å². The van der Waals surface area contributed by atoms with Crippen molar-refractivity contribution >= 4 is 34.2 Å². The van der Waals surface area contributed by atoms with Crippen molar-refractivity contribution in [1.29, 1.82) is 0 Å². The summed E-state index contributed by atoms with van der Waals surface area (Å²) in [4.78, 5) is 12.2. The summed E-state index contributed by atoms with van der Waals surface area (Å²) in [6.07, 6.45) is 2.57. The molecule has 0 radical (unpaired) electrons. The monoisotopic (exact) mass is 404 g/mol. The molecule has 5 rings (SSSR count). The first-order valence-corrected chi connectivity index (χ1v) is 9.34. The van der Waals surface area contributed by atoms with Crippen LogP contribution in [0.3, 0.4) is 0 Å². The highest BCUT2D eigenvalue weighted by atomic mass is 35.5. The quantitative estimate of drug-likeness (QED) is 0.581. The van der Waals surface area contributed by atoms with Gasteiger partial charge in [0.2, 0.25) is 6.79 Å². The average Bonchev–Trinajstić information content (AvgIpc) is 3.30. The van der Waals surface area contributed by atoms with E-state index in [0.717, 1.165) is 41.3 Å². The molecule has 3 aromatic rings. The number of halogens is 2. The molecule has 0 fully saturated rings. The summed E-state index contributed by atoms with van der Waals surface area (Å²) in [5, 5.41) is 1.85. The maximum Gasteiger partial charge on any atom is 0.339 e. The predicted octanol–water partition coefficient (Wildman–Crippen LogP) is 4.90. The molecule has 0 saturated heterocycles. The van der Waals surface area contributed by atoms with Gasteiger partial charge in [0.05, 0.1) is 10.0 Å². The number of rotatable bonds is 3. The van der Waals surface area contributed by atoms with Crippen molar-refractivity contribution in [2.45, 2.75) is 25.9 Å². The predicted molar refractivity (Wildman–Crippen MR) is 101 cm³/mol. The Labute approximate surface area is 164 Å². The minimum absolute atomic E-state index is 0.176. The fraction of sp³-hybridized carbons (Fsp3) is 0.250. The molecular weight excluding hydrogens is 391 g/mol. The van der Waals surface area contributed by atoms with Crippen molar-refractivity contribution < 1.29 is 18.6 Å². The smallest absolute Gasteiger partial charge is 0.339 e. The van der Waals surface area contributed by atoms with Crippen LogP contribution in [-0.2, 0) is 19.4 Å². The Morgan fingerprint density at radius 2 is 1.74 bits per heavy atom. The Morgan fingerprint density at radius 3 is 2.59 bits per heavy atom. The Balaban J connectivity index is 1.48. The zero-order chi connectivity index (χ0) is 18.5. The van der Waals surface area contributed by atoms with Gasteiger partial charge in [-0.2, -0.15) is 0 Å². The number of fused-ring (bicyclic) bond motifs is 4. The topological polar surface area (TPSA) is 57.9 Å². The highest BCUT2D eigenvalue weighted by molar-refractivity contribution is 6.33. The van der Waals surface area contributed by atoms with Crippen LogP contribution in [0.1, 0.15) is 23.1 Å². The second kappa shape index (κ2) is 6.36. The third kappa shape index (κ3) is 2.82. The van der Waals surface area contributed by atoms with Gasteiger partial charge < -0.3 is 18.6 Å². The van der Waals surface area contributed by atoms with Crippen LogP contribution in [-0.4, -0.2) is 6.79 Å². The van der Waals surface area contributed by atoms with E-state index in [1.807, 2.05) is 0 Å². The summed E-state index contributed by atoms with van der Waals surface area (Å²) < 4.78 is 22.0. The molecule has 5 nitrogen and oxygen atoms in total. The average molecular weight is 405 g/mol. The van der Waals surface area contributed by atoms with E-state index >= 15 is 0 Å². The van der Waals surface area contributed by atoms with Gasteiger partial charge in [-0.3, -0.25) is 0 Å². The lowest BCUT2D eigenvalue weighted by Gasteiger charge is -2.12. The van der Waals surface area contributed by atoms with Gasteiger partial charge >= 0.3 is 5.63 Å². The summed E-state index contributed by atoms with van der Waals surface area (Å²) in [6.45, 7) is 0.367. The van der Waals surface area contributed by atoms with E-state index in [9.17, 15) is 4.79 Å². The molecule has 1 aromatic heterocycles. The van der Waals surface area contributed by atoms with Crippen LogP contribution < -0.4 is 19.8 Å². The van der Waals surface area contributed by atoms with Crippen molar-refractivity contribution in [3.05, 3.63) is 61.4 Å². The van der Waals surface area contributed by atoms with Crippen LogP contribution in [0.2, 0.25) is 10.0 Å². The molecule has 0 amide bonds. The molecule has 27 heavy (non-hydrogen) atoms. The van der Waals surface area contributed by atoms with E-state index < -0.39 is 0 Å². The molecule has 1 aliphatic carbocycles. The zero-order valence-corrected chi connectivity index (χ0v) is 15.7. The highest BCUT2D eigenvalue weighted by Gasteiger charge is 2.21. The lowest BCUT2D eigenvalue weighted by Crippen LogP contribution is -2.07. The molecule has 1 aliphatic heterocycles. The summed E-state index contributed by atoms with van der Waals surface area (Å²) in [5.41, 5.74) is 2.75. The van der Waals surface area contributed by atoms with Gasteiger partial charge in [-0.05, 0) is 37.0 Å². The van der Waals surface area contributed by atoms with Gasteiger partial charge in [0, 0.05) is 28.6 Å².